The Kier molecular flexibility index (Phi) is 6.38. The summed E-state index contributed by atoms with van der Waals surface area (Å²) in [6.07, 6.45) is 3.68. The van der Waals surface area contributed by atoms with Gasteiger partial charge in [-0.2, -0.15) is 0 Å². The molecule has 160 valence electrons. The number of carbonyl (C=O) groups is 1. The van der Waals surface area contributed by atoms with E-state index in [-0.39, 0.29) is 11.8 Å². The van der Waals surface area contributed by atoms with E-state index < -0.39 is 0 Å². The Bertz CT molecular complexity index is 1120. The van der Waals surface area contributed by atoms with Crippen LogP contribution in [0.3, 0.4) is 0 Å². The van der Waals surface area contributed by atoms with Gasteiger partial charge in [0.1, 0.15) is 11.5 Å². The van der Waals surface area contributed by atoms with E-state index >= 15 is 0 Å². The molecule has 4 aromatic rings. The van der Waals surface area contributed by atoms with Crippen LogP contribution in [-0.4, -0.2) is 43.0 Å². The largest absolute Gasteiger partial charge is 0.497 e. The van der Waals surface area contributed by atoms with E-state index in [9.17, 15) is 4.79 Å². The summed E-state index contributed by atoms with van der Waals surface area (Å²) in [5, 5.41) is 4.28. The van der Waals surface area contributed by atoms with E-state index in [4.69, 9.17) is 9.15 Å². The van der Waals surface area contributed by atoms with Gasteiger partial charge in [0.15, 0.2) is 0 Å². The fourth-order valence-electron chi connectivity index (χ4n) is 3.87. The first-order valence-corrected chi connectivity index (χ1v) is 10.3. The zero-order valence-electron chi connectivity index (χ0n) is 17.8. The molecule has 0 bridgehead atoms. The standard InChI is InChI=1S/C25H27N3O3/c1-28(16-20-6-5-13-31-20)17-25(29)27-14-22(18-9-11-19(30-2)12-10-18)23-15-26-24-8-4-3-7-21(23)24/h3-13,15,22,26H,14,16-17H2,1-2H3,(H,27,29)/t22-/m0/s1. The lowest BCUT2D eigenvalue weighted by Gasteiger charge is -2.20. The minimum atomic E-state index is -0.0209. The van der Waals surface area contributed by atoms with Crippen molar-refractivity contribution in [1.29, 1.82) is 0 Å². The van der Waals surface area contributed by atoms with Gasteiger partial charge in [-0.1, -0.05) is 30.3 Å². The summed E-state index contributed by atoms with van der Waals surface area (Å²) in [5.74, 6) is 1.64. The van der Waals surface area contributed by atoms with Crippen molar-refractivity contribution in [3.05, 3.63) is 90.0 Å². The second-order valence-corrected chi connectivity index (χ2v) is 7.67. The fourth-order valence-corrected chi connectivity index (χ4v) is 3.87. The van der Waals surface area contributed by atoms with E-state index in [1.54, 1.807) is 13.4 Å². The van der Waals surface area contributed by atoms with Crippen molar-refractivity contribution in [2.75, 3.05) is 27.2 Å². The number of amides is 1. The number of aromatic amines is 1. The van der Waals surface area contributed by atoms with Gasteiger partial charge in [-0.05, 0) is 48.5 Å². The fraction of sp³-hybridized carbons (Fsp3) is 0.240. The Hall–Kier alpha value is -3.51. The lowest BCUT2D eigenvalue weighted by atomic mass is 9.90. The summed E-state index contributed by atoms with van der Waals surface area (Å²) in [6, 6.07) is 20.0. The summed E-state index contributed by atoms with van der Waals surface area (Å²) in [5.41, 5.74) is 3.36. The van der Waals surface area contributed by atoms with Crippen LogP contribution in [0.5, 0.6) is 5.75 Å². The molecular formula is C25H27N3O3. The minimum absolute atomic E-state index is 0.0152. The second-order valence-electron chi connectivity index (χ2n) is 7.67. The number of methoxy groups -OCH3 is 1. The number of fused-ring (bicyclic) bond motifs is 1. The average molecular weight is 418 g/mol. The molecule has 0 unspecified atom stereocenters. The third kappa shape index (κ3) is 4.98. The maximum absolute atomic E-state index is 12.6. The number of furan rings is 1. The highest BCUT2D eigenvalue weighted by atomic mass is 16.5. The Balaban J connectivity index is 1.49. The molecule has 0 aliphatic heterocycles. The number of likely N-dealkylation sites (N-methyl/N-ethyl adjacent to an activating group) is 1. The van der Waals surface area contributed by atoms with E-state index in [1.165, 1.54) is 0 Å². The van der Waals surface area contributed by atoms with Crippen molar-refractivity contribution < 1.29 is 13.9 Å². The topological polar surface area (TPSA) is 70.5 Å². The monoisotopic (exact) mass is 417 g/mol. The van der Waals surface area contributed by atoms with Gasteiger partial charge in [-0.3, -0.25) is 9.69 Å². The van der Waals surface area contributed by atoms with Crippen LogP contribution in [0, 0.1) is 0 Å². The normalized spacial score (nSPS) is 12.2. The Morgan fingerprint density at radius 3 is 2.68 bits per heavy atom. The highest BCUT2D eigenvalue weighted by molar-refractivity contribution is 5.84. The first-order chi connectivity index (χ1) is 15.1. The predicted octanol–water partition coefficient (Wildman–Crippen LogP) is 4.15. The van der Waals surface area contributed by atoms with Crippen molar-refractivity contribution in [2.24, 2.45) is 0 Å². The molecule has 4 rings (SSSR count). The van der Waals surface area contributed by atoms with Gasteiger partial charge < -0.3 is 19.5 Å². The number of ether oxygens (including phenoxy) is 1. The summed E-state index contributed by atoms with van der Waals surface area (Å²) >= 11 is 0. The molecule has 2 heterocycles. The Morgan fingerprint density at radius 1 is 1.13 bits per heavy atom. The summed E-state index contributed by atoms with van der Waals surface area (Å²) < 4.78 is 10.7. The number of nitrogens with zero attached hydrogens (tertiary/aromatic N) is 1. The van der Waals surface area contributed by atoms with Crippen LogP contribution in [0.1, 0.15) is 22.8 Å². The molecule has 31 heavy (non-hydrogen) atoms. The lowest BCUT2D eigenvalue weighted by Crippen LogP contribution is -2.37. The third-order valence-corrected chi connectivity index (χ3v) is 5.44. The van der Waals surface area contributed by atoms with Gasteiger partial charge in [0.05, 0.1) is 26.5 Å². The van der Waals surface area contributed by atoms with Gasteiger partial charge >= 0.3 is 0 Å². The molecule has 2 N–H and O–H groups in total. The van der Waals surface area contributed by atoms with Crippen LogP contribution < -0.4 is 10.1 Å². The first kappa shape index (κ1) is 20.8. The summed E-state index contributed by atoms with van der Waals surface area (Å²) in [7, 11) is 3.56. The summed E-state index contributed by atoms with van der Waals surface area (Å²) in [6.45, 7) is 1.39. The van der Waals surface area contributed by atoms with E-state index in [0.29, 0.717) is 19.6 Å². The maximum Gasteiger partial charge on any atom is 0.234 e. The lowest BCUT2D eigenvalue weighted by molar-refractivity contribution is -0.122. The number of benzene rings is 2. The molecule has 0 saturated heterocycles. The summed E-state index contributed by atoms with van der Waals surface area (Å²) in [4.78, 5) is 17.9. The van der Waals surface area contributed by atoms with Crippen molar-refractivity contribution in [1.82, 2.24) is 15.2 Å². The predicted molar refractivity (Wildman–Crippen MR) is 121 cm³/mol. The number of carbonyl (C=O) groups excluding carboxylic acids is 1. The van der Waals surface area contributed by atoms with Crippen LogP contribution in [0.2, 0.25) is 0 Å². The highest BCUT2D eigenvalue weighted by Gasteiger charge is 2.20. The number of hydrogen-bond acceptors (Lipinski definition) is 4. The van der Waals surface area contributed by atoms with Crippen LogP contribution in [-0.2, 0) is 11.3 Å². The minimum Gasteiger partial charge on any atom is -0.497 e. The van der Waals surface area contributed by atoms with Crippen LogP contribution in [0.4, 0.5) is 0 Å². The molecule has 2 aromatic heterocycles. The molecule has 0 aliphatic rings. The van der Waals surface area contributed by atoms with E-state index in [2.05, 4.69) is 34.6 Å². The molecule has 1 atom stereocenters. The molecule has 0 radical (unpaired) electrons. The molecule has 0 aliphatic carbocycles. The molecule has 6 nitrogen and oxygen atoms in total. The van der Waals surface area contributed by atoms with Gasteiger partial charge in [0.25, 0.3) is 0 Å². The van der Waals surface area contributed by atoms with Crippen molar-refractivity contribution >= 4 is 16.8 Å². The Labute approximate surface area is 181 Å². The molecule has 0 fully saturated rings. The number of rotatable bonds is 9. The maximum atomic E-state index is 12.6. The first-order valence-electron chi connectivity index (χ1n) is 10.3. The van der Waals surface area contributed by atoms with E-state index in [0.717, 1.165) is 33.5 Å². The molecule has 0 saturated carbocycles. The molecule has 1 amide bonds. The average Bonchev–Trinajstić information content (AvgIpc) is 3.44. The van der Waals surface area contributed by atoms with Crippen LogP contribution in [0.25, 0.3) is 10.9 Å². The van der Waals surface area contributed by atoms with Crippen LogP contribution in [0.15, 0.2) is 77.5 Å². The zero-order chi connectivity index (χ0) is 21.6. The van der Waals surface area contributed by atoms with Gasteiger partial charge in [0, 0.05) is 29.6 Å². The number of hydrogen-bond donors (Lipinski definition) is 2. The molecule has 6 heteroatoms. The highest BCUT2D eigenvalue weighted by Crippen LogP contribution is 2.31. The molecule has 2 aromatic carbocycles. The zero-order valence-corrected chi connectivity index (χ0v) is 17.8. The van der Waals surface area contributed by atoms with Crippen molar-refractivity contribution in [2.45, 2.75) is 12.5 Å². The van der Waals surface area contributed by atoms with Gasteiger partial charge in [0.2, 0.25) is 5.91 Å². The van der Waals surface area contributed by atoms with E-state index in [1.807, 2.05) is 54.5 Å². The van der Waals surface area contributed by atoms with Crippen molar-refractivity contribution in [3.8, 4) is 5.75 Å². The second kappa shape index (κ2) is 9.53. The SMILES string of the molecule is COc1ccc([C@H](CNC(=O)CN(C)Cc2ccco2)c2c[nH]c3ccccc23)cc1. The van der Waals surface area contributed by atoms with Gasteiger partial charge in [-0.15, -0.1) is 0 Å². The quantitative estimate of drug-likeness (QED) is 0.429. The third-order valence-electron chi connectivity index (χ3n) is 5.44. The number of nitrogens with one attached hydrogen (secondary N) is 2. The number of para-hydroxylation sites is 1. The smallest absolute Gasteiger partial charge is 0.234 e. The number of H-pyrrole nitrogens is 1. The van der Waals surface area contributed by atoms with Crippen molar-refractivity contribution in [3.63, 3.8) is 0 Å². The van der Waals surface area contributed by atoms with Crippen LogP contribution >= 0.6 is 0 Å². The molecule has 0 spiro atoms. The molecular weight excluding hydrogens is 390 g/mol. The van der Waals surface area contributed by atoms with Gasteiger partial charge in [-0.25, -0.2) is 0 Å². The number of aromatic nitrogens is 1. The Morgan fingerprint density at radius 2 is 1.94 bits per heavy atom.